The van der Waals surface area contributed by atoms with E-state index in [1.165, 1.54) is 0 Å². The molecule has 4 heteroatoms. The van der Waals surface area contributed by atoms with Gasteiger partial charge in [0.1, 0.15) is 11.5 Å². The second kappa shape index (κ2) is 6.66. The quantitative estimate of drug-likeness (QED) is 0.815. The van der Waals surface area contributed by atoms with Crippen LogP contribution >= 0.6 is 15.9 Å². The fourth-order valence-corrected chi connectivity index (χ4v) is 1.84. The van der Waals surface area contributed by atoms with Crippen LogP contribution in [0.5, 0.6) is 5.75 Å². The first kappa shape index (κ1) is 13.2. The number of carbonyl (C=O) groups is 1. The Kier molecular flexibility index (Phi) is 5.49. The van der Waals surface area contributed by atoms with E-state index in [4.69, 9.17) is 4.74 Å². The highest BCUT2D eigenvalue weighted by atomic mass is 79.9. The van der Waals surface area contributed by atoms with Crippen LogP contribution in [-0.2, 0) is 11.2 Å². The Balaban J connectivity index is 2.51. The molecule has 0 fully saturated rings. The zero-order chi connectivity index (χ0) is 12.0. The molecule has 0 aliphatic rings. The Hall–Kier alpha value is -0.870. The van der Waals surface area contributed by atoms with E-state index in [1.54, 1.807) is 14.0 Å². The lowest BCUT2D eigenvalue weighted by Crippen LogP contribution is -2.23. The molecule has 0 amide bonds. The number of hydrogen-bond acceptors (Lipinski definition) is 3. The van der Waals surface area contributed by atoms with Crippen molar-refractivity contribution in [3.05, 3.63) is 28.2 Å². The van der Waals surface area contributed by atoms with Gasteiger partial charge in [-0.2, -0.15) is 0 Å². The Morgan fingerprint density at radius 2 is 2.25 bits per heavy atom. The van der Waals surface area contributed by atoms with Gasteiger partial charge in [-0.15, -0.1) is 0 Å². The van der Waals surface area contributed by atoms with Crippen LogP contribution in [0, 0.1) is 0 Å². The average molecular weight is 286 g/mol. The van der Waals surface area contributed by atoms with Crippen molar-refractivity contribution in [2.24, 2.45) is 0 Å². The Bertz CT molecular complexity index is 366. The molecule has 1 rings (SSSR count). The number of ketones is 1. The smallest absolute Gasteiger partial charge is 0.143 e. The van der Waals surface area contributed by atoms with Crippen LogP contribution in [0.1, 0.15) is 12.5 Å². The van der Waals surface area contributed by atoms with Crippen molar-refractivity contribution in [3.8, 4) is 5.75 Å². The SMILES string of the molecule is COc1ccc(Br)cc1CCNCC(C)=O. The minimum Gasteiger partial charge on any atom is -0.496 e. The molecule has 0 radical (unpaired) electrons. The fourth-order valence-electron chi connectivity index (χ4n) is 1.43. The summed E-state index contributed by atoms with van der Waals surface area (Å²) < 4.78 is 6.30. The zero-order valence-electron chi connectivity index (χ0n) is 9.55. The second-order valence-corrected chi connectivity index (χ2v) is 4.50. The molecule has 1 aromatic rings. The van der Waals surface area contributed by atoms with Crippen LogP contribution in [0.25, 0.3) is 0 Å². The summed E-state index contributed by atoms with van der Waals surface area (Å²) in [6, 6.07) is 5.92. The second-order valence-electron chi connectivity index (χ2n) is 3.58. The molecular weight excluding hydrogens is 270 g/mol. The maximum absolute atomic E-state index is 10.7. The van der Waals surface area contributed by atoms with Gasteiger partial charge in [0.15, 0.2) is 0 Å². The third-order valence-electron chi connectivity index (χ3n) is 2.19. The lowest BCUT2D eigenvalue weighted by atomic mass is 10.1. The van der Waals surface area contributed by atoms with E-state index >= 15 is 0 Å². The van der Waals surface area contributed by atoms with Crippen LogP contribution in [-0.4, -0.2) is 26.0 Å². The highest BCUT2D eigenvalue weighted by Crippen LogP contribution is 2.22. The molecule has 0 atom stereocenters. The predicted molar refractivity (Wildman–Crippen MR) is 67.9 cm³/mol. The number of rotatable bonds is 6. The van der Waals surface area contributed by atoms with Crippen molar-refractivity contribution < 1.29 is 9.53 Å². The number of carbonyl (C=O) groups excluding carboxylic acids is 1. The third kappa shape index (κ3) is 4.33. The van der Waals surface area contributed by atoms with Crippen LogP contribution in [0.2, 0.25) is 0 Å². The Morgan fingerprint density at radius 3 is 2.88 bits per heavy atom. The minimum atomic E-state index is 0.154. The van der Waals surface area contributed by atoms with Gasteiger partial charge in [-0.05, 0) is 43.7 Å². The molecular formula is C12H16BrNO2. The summed E-state index contributed by atoms with van der Waals surface area (Å²) in [7, 11) is 1.66. The summed E-state index contributed by atoms with van der Waals surface area (Å²) in [6.45, 7) is 2.77. The first-order valence-corrected chi connectivity index (χ1v) is 5.95. The Morgan fingerprint density at radius 1 is 1.50 bits per heavy atom. The first-order valence-electron chi connectivity index (χ1n) is 5.16. The van der Waals surface area contributed by atoms with E-state index in [2.05, 4.69) is 21.2 Å². The van der Waals surface area contributed by atoms with E-state index < -0.39 is 0 Å². The summed E-state index contributed by atoms with van der Waals surface area (Å²) in [5, 5.41) is 3.08. The topological polar surface area (TPSA) is 38.3 Å². The molecule has 0 saturated heterocycles. The predicted octanol–water partition coefficient (Wildman–Crippen LogP) is 2.18. The van der Waals surface area contributed by atoms with E-state index in [9.17, 15) is 4.79 Å². The summed E-state index contributed by atoms with van der Waals surface area (Å²) in [5.74, 6) is 1.04. The number of nitrogens with one attached hydrogen (secondary N) is 1. The summed E-state index contributed by atoms with van der Waals surface area (Å²) >= 11 is 3.43. The van der Waals surface area contributed by atoms with Gasteiger partial charge >= 0.3 is 0 Å². The summed E-state index contributed by atoms with van der Waals surface area (Å²) in [4.78, 5) is 10.7. The van der Waals surface area contributed by atoms with Gasteiger partial charge in [-0.25, -0.2) is 0 Å². The van der Waals surface area contributed by atoms with Crippen molar-refractivity contribution in [2.45, 2.75) is 13.3 Å². The van der Waals surface area contributed by atoms with Gasteiger partial charge in [0, 0.05) is 4.47 Å². The number of benzene rings is 1. The average Bonchev–Trinajstić information content (AvgIpc) is 2.24. The lowest BCUT2D eigenvalue weighted by Gasteiger charge is -2.09. The molecule has 0 heterocycles. The first-order chi connectivity index (χ1) is 7.63. The zero-order valence-corrected chi connectivity index (χ0v) is 11.1. The van der Waals surface area contributed by atoms with Crippen LogP contribution in [0.3, 0.4) is 0 Å². The van der Waals surface area contributed by atoms with Gasteiger partial charge in [-0.1, -0.05) is 15.9 Å². The molecule has 16 heavy (non-hydrogen) atoms. The van der Waals surface area contributed by atoms with Crippen molar-refractivity contribution >= 4 is 21.7 Å². The van der Waals surface area contributed by atoms with E-state index in [-0.39, 0.29) is 5.78 Å². The number of Topliss-reactive ketones (excluding diaryl/α,β-unsaturated/α-hetero) is 1. The molecule has 88 valence electrons. The largest absolute Gasteiger partial charge is 0.496 e. The van der Waals surface area contributed by atoms with Crippen molar-refractivity contribution in [2.75, 3.05) is 20.2 Å². The molecule has 0 saturated carbocycles. The van der Waals surface area contributed by atoms with Crippen molar-refractivity contribution in [1.29, 1.82) is 0 Å². The normalized spacial score (nSPS) is 10.2. The third-order valence-corrected chi connectivity index (χ3v) is 2.68. The summed E-state index contributed by atoms with van der Waals surface area (Å²) in [5.41, 5.74) is 1.13. The standard InChI is InChI=1S/C12H16BrNO2/c1-9(15)8-14-6-5-10-7-11(13)3-4-12(10)16-2/h3-4,7,14H,5-6,8H2,1-2H3. The summed E-state index contributed by atoms with van der Waals surface area (Å²) in [6.07, 6.45) is 0.843. The highest BCUT2D eigenvalue weighted by Gasteiger charge is 2.03. The van der Waals surface area contributed by atoms with E-state index in [0.29, 0.717) is 6.54 Å². The monoisotopic (exact) mass is 285 g/mol. The molecule has 3 nitrogen and oxygen atoms in total. The molecule has 0 aliphatic heterocycles. The van der Waals surface area contributed by atoms with Crippen LogP contribution < -0.4 is 10.1 Å². The van der Waals surface area contributed by atoms with Gasteiger partial charge < -0.3 is 10.1 Å². The maximum Gasteiger partial charge on any atom is 0.143 e. The van der Waals surface area contributed by atoms with Crippen molar-refractivity contribution in [3.63, 3.8) is 0 Å². The Labute approximate surface area is 104 Å². The molecule has 0 aromatic heterocycles. The molecule has 0 aliphatic carbocycles. The van der Waals surface area contributed by atoms with E-state index in [0.717, 1.165) is 28.8 Å². The fraction of sp³-hybridized carbons (Fsp3) is 0.417. The molecule has 1 aromatic carbocycles. The molecule has 0 spiro atoms. The van der Waals surface area contributed by atoms with Crippen LogP contribution in [0.4, 0.5) is 0 Å². The van der Waals surface area contributed by atoms with Gasteiger partial charge in [0.2, 0.25) is 0 Å². The number of methoxy groups -OCH3 is 1. The van der Waals surface area contributed by atoms with Crippen molar-refractivity contribution in [1.82, 2.24) is 5.32 Å². The van der Waals surface area contributed by atoms with E-state index in [1.807, 2.05) is 18.2 Å². The molecule has 0 unspecified atom stereocenters. The lowest BCUT2D eigenvalue weighted by molar-refractivity contribution is -0.116. The number of hydrogen-bond donors (Lipinski definition) is 1. The minimum absolute atomic E-state index is 0.154. The molecule has 0 bridgehead atoms. The van der Waals surface area contributed by atoms with Gasteiger partial charge in [0.25, 0.3) is 0 Å². The van der Waals surface area contributed by atoms with Gasteiger partial charge in [0.05, 0.1) is 13.7 Å². The van der Waals surface area contributed by atoms with Gasteiger partial charge in [-0.3, -0.25) is 4.79 Å². The van der Waals surface area contributed by atoms with Crippen LogP contribution in [0.15, 0.2) is 22.7 Å². The number of halogens is 1. The maximum atomic E-state index is 10.7. The molecule has 1 N–H and O–H groups in total. The number of ether oxygens (including phenoxy) is 1. The highest BCUT2D eigenvalue weighted by molar-refractivity contribution is 9.10.